The summed E-state index contributed by atoms with van der Waals surface area (Å²) in [5, 5.41) is 2.50. The van der Waals surface area contributed by atoms with Gasteiger partial charge in [0.2, 0.25) is 0 Å². The first-order valence-electron chi connectivity index (χ1n) is 21.9. The summed E-state index contributed by atoms with van der Waals surface area (Å²) >= 11 is 0. The van der Waals surface area contributed by atoms with Crippen LogP contribution in [0.25, 0.3) is 49.7 Å². The first-order chi connectivity index (χ1) is 30.6. The predicted molar refractivity (Wildman–Crippen MR) is 262 cm³/mol. The van der Waals surface area contributed by atoms with Gasteiger partial charge in [0, 0.05) is 56.0 Å². The molecule has 298 valence electrons. The highest BCUT2D eigenvalue weighted by molar-refractivity contribution is 6.13. The van der Waals surface area contributed by atoms with Gasteiger partial charge in [0.05, 0.1) is 11.0 Å². The standard InChI is InChI=1S/C59H47N3/c1-3-59(4-2)55-31-18-17-30-51(55)52-41-58-54(40-56(52)59)53-39-50(60(44-22-11-6-12-23-44)45-24-13-7-14-25-45)36-37-57(53)62(58)49-29-19-28-48(38-49)61(46-26-15-8-16-27-46)47-34-32-43(33-35-47)42-20-9-5-10-21-42/h5-41H,3-4H2,1-2H3. The number of nitrogens with zero attached hydrogens (tertiary/aromatic N) is 3. The smallest absolute Gasteiger partial charge is 0.0547 e. The van der Waals surface area contributed by atoms with Gasteiger partial charge >= 0.3 is 0 Å². The summed E-state index contributed by atoms with van der Waals surface area (Å²) in [5.41, 5.74) is 18.1. The van der Waals surface area contributed by atoms with Crippen LogP contribution in [-0.2, 0) is 5.41 Å². The van der Waals surface area contributed by atoms with Gasteiger partial charge in [-0.25, -0.2) is 0 Å². The molecular formula is C59H47N3. The Morgan fingerprint density at radius 2 is 0.839 bits per heavy atom. The first-order valence-corrected chi connectivity index (χ1v) is 21.9. The molecule has 10 aromatic rings. The molecule has 0 atom stereocenters. The van der Waals surface area contributed by atoms with Crippen molar-refractivity contribution in [1.82, 2.24) is 4.57 Å². The molecule has 3 heteroatoms. The zero-order chi connectivity index (χ0) is 41.6. The number of benzene rings is 9. The molecular weight excluding hydrogens is 751 g/mol. The maximum Gasteiger partial charge on any atom is 0.0547 e. The lowest BCUT2D eigenvalue weighted by Crippen LogP contribution is -2.22. The molecule has 3 nitrogen and oxygen atoms in total. The minimum Gasteiger partial charge on any atom is -0.310 e. The lowest BCUT2D eigenvalue weighted by Gasteiger charge is -2.29. The number of anilines is 6. The van der Waals surface area contributed by atoms with Gasteiger partial charge < -0.3 is 14.4 Å². The van der Waals surface area contributed by atoms with Crippen molar-refractivity contribution in [2.45, 2.75) is 32.1 Å². The van der Waals surface area contributed by atoms with E-state index >= 15 is 0 Å². The fourth-order valence-electron chi connectivity index (χ4n) is 10.2. The van der Waals surface area contributed by atoms with Crippen LogP contribution in [0.15, 0.2) is 224 Å². The Labute approximate surface area is 364 Å². The van der Waals surface area contributed by atoms with Gasteiger partial charge in [0.1, 0.15) is 0 Å². The Morgan fingerprint density at radius 3 is 1.45 bits per heavy atom. The zero-order valence-electron chi connectivity index (χ0n) is 35.1. The van der Waals surface area contributed by atoms with Crippen LogP contribution >= 0.6 is 0 Å². The Hall–Kier alpha value is -7.62. The molecule has 0 radical (unpaired) electrons. The summed E-state index contributed by atoms with van der Waals surface area (Å²) in [5.74, 6) is 0. The molecule has 1 aromatic heterocycles. The van der Waals surface area contributed by atoms with E-state index in [9.17, 15) is 0 Å². The molecule has 0 saturated heterocycles. The summed E-state index contributed by atoms with van der Waals surface area (Å²) in [4.78, 5) is 4.74. The molecule has 0 amide bonds. The van der Waals surface area contributed by atoms with Crippen molar-refractivity contribution in [1.29, 1.82) is 0 Å². The van der Waals surface area contributed by atoms with Crippen molar-refractivity contribution < 1.29 is 0 Å². The van der Waals surface area contributed by atoms with Crippen LogP contribution in [0.1, 0.15) is 37.8 Å². The molecule has 0 bridgehead atoms. The van der Waals surface area contributed by atoms with Gasteiger partial charge in [-0.3, -0.25) is 0 Å². The number of aromatic nitrogens is 1. The van der Waals surface area contributed by atoms with Gasteiger partial charge in [-0.05, 0) is 143 Å². The Kier molecular flexibility index (Phi) is 9.31. The Morgan fingerprint density at radius 1 is 0.355 bits per heavy atom. The summed E-state index contributed by atoms with van der Waals surface area (Å²) in [6.07, 6.45) is 2.09. The topological polar surface area (TPSA) is 11.4 Å². The number of fused-ring (bicyclic) bond motifs is 6. The maximum atomic E-state index is 2.55. The molecule has 0 unspecified atom stereocenters. The maximum absolute atomic E-state index is 2.55. The fourth-order valence-corrected chi connectivity index (χ4v) is 10.2. The van der Waals surface area contributed by atoms with Gasteiger partial charge in [0.25, 0.3) is 0 Å². The van der Waals surface area contributed by atoms with Crippen LogP contribution in [-0.4, -0.2) is 4.57 Å². The monoisotopic (exact) mass is 797 g/mol. The van der Waals surface area contributed by atoms with Crippen molar-refractivity contribution in [3.63, 3.8) is 0 Å². The highest BCUT2D eigenvalue weighted by Crippen LogP contribution is 2.55. The third-order valence-electron chi connectivity index (χ3n) is 13.2. The average Bonchev–Trinajstić information content (AvgIpc) is 3.81. The van der Waals surface area contributed by atoms with Crippen molar-refractivity contribution in [2.75, 3.05) is 9.80 Å². The minimum atomic E-state index is -0.0432. The summed E-state index contributed by atoms with van der Waals surface area (Å²) < 4.78 is 2.50. The number of hydrogen-bond acceptors (Lipinski definition) is 2. The van der Waals surface area contributed by atoms with Crippen molar-refractivity contribution in [3.8, 4) is 27.9 Å². The van der Waals surface area contributed by atoms with E-state index in [0.717, 1.165) is 52.7 Å². The van der Waals surface area contributed by atoms with Crippen molar-refractivity contribution >= 4 is 55.9 Å². The number of hydrogen-bond donors (Lipinski definition) is 0. The Bertz CT molecular complexity index is 3150. The molecule has 0 aliphatic heterocycles. The van der Waals surface area contributed by atoms with Crippen LogP contribution in [0.4, 0.5) is 34.1 Å². The molecule has 1 aliphatic rings. The molecule has 0 spiro atoms. The molecule has 62 heavy (non-hydrogen) atoms. The van der Waals surface area contributed by atoms with Crippen LogP contribution in [0.3, 0.4) is 0 Å². The molecule has 1 aliphatic carbocycles. The normalized spacial score (nSPS) is 12.6. The SMILES string of the molecule is CCC1(CC)c2ccccc2-c2cc3c(cc21)c1cc(N(c2ccccc2)c2ccccc2)ccc1n3-c1cccc(N(c2ccccc2)c2ccc(-c3ccccc3)cc2)c1. The van der Waals surface area contributed by atoms with E-state index in [1.54, 1.807) is 0 Å². The molecule has 0 fully saturated rings. The van der Waals surface area contributed by atoms with Crippen LogP contribution < -0.4 is 9.80 Å². The van der Waals surface area contributed by atoms with E-state index in [1.807, 2.05) is 0 Å². The third-order valence-corrected chi connectivity index (χ3v) is 13.2. The van der Waals surface area contributed by atoms with Crippen LogP contribution in [0.2, 0.25) is 0 Å². The van der Waals surface area contributed by atoms with Gasteiger partial charge in [0.15, 0.2) is 0 Å². The highest BCUT2D eigenvalue weighted by Gasteiger charge is 2.41. The van der Waals surface area contributed by atoms with Gasteiger partial charge in [-0.2, -0.15) is 0 Å². The highest BCUT2D eigenvalue weighted by atomic mass is 15.2. The van der Waals surface area contributed by atoms with Crippen LogP contribution in [0, 0.1) is 0 Å². The quantitative estimate of drug-likeness (QED) is 0.137. The molecule has 1 heterocycles. The zero-order valence-corrected chi connectivity index (χ0v) is 35.1. The van der Waals surface area contributed by atoms with Crippen molar-refractivity contribution in [2.24, 2.45) is 0 Å². The van der Waals surface area contributed by atoms with Gasteiger partial charge in [-0.15, -0.1) is 0 Å². The average molecular weight is 798 g/mol. The summed E-state index contributed by atoms with van der Waals surface area (Å²) in [7, 11) is 0. The van der Waals surface area contributed by atoms with E-state index in [2.05, 4.69) is 253 Å². The van der Waals surface area contributed by atoms with Crippen LogP contribution in [0.5, 0.6) is 0 Å². The first kappa shape index (κ1) is 37.4. The Balaban J connectivity index is 1.14. The second kappa shape index (κ2) is 15.4. The number of rotatable bonds is 10. The van der Waals surface area contributed by atoms with E-state index < -0.39 is 0 Å². The third kappa shape index (κ3) is 6.11. The summed E-state index contributed by atoms with van der Waals surface area (Å²) in [6.45, 7) is 4.72. The summed E-state index contributed by atoms with van der Waals surface area (Å²) in [6, 6.07) is 81.9. The second-order valence-corrected chi connectivity index (χ2v) is 16.4. The lowest BCUT2D eigenvalue weighted by atomic mass is 9.73. The lowest BCUT2D eigenvalue weighted by molar-refractivity contribution is 0.491. The van der Waals surface area contributed by atoms with E-state index in [4.69, 9.17) is 0 Å². The molecule has 0 saturated carbocycles. The second-order valence-electron chi connectivity index (χ2n) is 16.4. The largest absolute Gasteiger partial charge is 0.310 e. The van der Waals surface area contributed by atoms with E-state index in [0.29, 0.717) is 0 Å². The molecule has 9 aromatic carbocycles. The predicted octanol–water partition coefficient (Wildman–Crippen LogP) is 16.5. The molecule has 11 rings (SSSR count). The number of para-hydroxylation sites is 3. The van der Waals surface area contributed by atoms with E-state index in [-0.39, 0.29) is 5.41 Å². The van der Waals surface area contributed by atoms with E-state index in [1.165, 1.54) is 55.2 Å². The van der Waals surface area contributed by atoms with Crippen molar-refractivity contribution in [3.05, 3.63) is 236 Å². The minimum absolute atomic E-state index is 0.0432. The van der Waals surface area contributed by atoms with Gasteiger partial charge in [-0.1, -0.05) is 141 Å². The molecule has 0 N–H and O–H groups in total. The fraction of sp³-hybridized carbons (Fsp3) is 0.0847.